The molecule has 2 aromatic rings. The zero-order chi connectivity index (χ0) is 10.1. The molecule has 0 fully saturated rings. The van der Waals surface area contributed by atoms with E-state index in [-0.39, 0.29) is 0 Å². The van der Waals surface area contributed by atoms with Crippen molar-refractivity contribution in [1.82, 2.24) is 4.98 Å². The van der Waals surface area contributed by atoms with Gasteiger partial charge in [0.2, 0.25) is 0 Å². The van der Waals surface area contributed by atoms with E-state index in [0.29, 0.717) is 0 Å². The van der Waals surface area contributed by atoms with E-state index >= 15 is 0 Å². The van der Waals surface area contributed by atoms with Crippen molar-refractivity contribution in [3.05, 3.63) is 38.1 Å². The van der Waals surface area contributed by atoms with Crippen molar-refractivity contribution in [2.75, 3.05) is 0 Å². The van der Waals surface area contributed by atoms with Crippen LogP contribution in [0.15, 0.2) is 28.1 Å². The van der Waals surface area contributed by atoms with Crippen LogP contribution in [-0.2, 0) is 0 Å². The lowest BCUT2D eigenvalue weighted by molar-refractivity contribution is 1.29. The average molecular weight is 289 g/mol. The Labute approximate surface area is 99.9 Å². The summed E-state index contributed by atoms with van der Waals surface area (Å²) < 4.78 is 1.05. The molecular formula is C10H7BrClNS. The van der Waals surface area contributed by atoms with Crippen LogP contribution in [0.1, 0.15) is 5.01 Å². The van der Waals surface area contributed by atoms with Crippen molar-refractivity contribution in [3.63, 3.8) is 0 Å². The molecule has 1 heterocycles. The SMILES string of the molecule is Cc1nc(-c2cccc(Cl)c2)c(Br)s1. The maximum absolute atomic E-state index is 5.91. The second-order valence-electron chi connectivity index (χ2n) is 2.87. The van der Waals surface area contributed by atoms with Gasteiger partial charge < -0.3 is 0 Å². The number of hydrogen-bond donors (Lipinski definition) is 0. The highest BCUT2D eigenvalue weighted by molar-refractivity contribution is 9.11. The van der Waals surface area contributed by atoms with Gasteiger partial charge in [-0.2, -0.15) is 0 Å². The van der Waals surface area contributed by atoms with Gasteiger partial charge in [-0.25, -0.2) is 4.98 Å². The standard InChI is InChI=1S/C10H7BrClNS/c1-6-13-9(10(11)14-6)7-3-2-4-8(12)5-7/h2-5H,1H3. The maximum atomic E-state index is 5.91. The molecule has 14 heavy (non-hydrogen) atoms. The summed E-state index contributed by atoms with van der Waals surface area (Å²) in [5.74, 6) is 0. The lowest BCUT2D eigenvalue weighted by atomic mass is 10.2. The van der Waals surface area contributed by atoms with Crippen molar-refractivity contribution < 1.29 is 0 Å². The molecule has 0 aliphatic rings. The van der Waals surface area contributed by atoms with Crippen LogP contribution in [0.4, 0.5) is 0 Å². The second-order valence-corrected chi connectivity index (χ2v) is 5.82. The third kappa shape index (κ3) is 2.00. The Morgan fingerprint density at radius 3 is 2.79 bits per heavy atom. The molecule has 0 aliphatic carbocycles. The Morgan fingerprint density at radius 2 is 2.21 bits per heavy atom. The largest absolute Gasteiger partial charge is 0.240 e. The molecule has 0 saturated carbocycles. The van der Waals surface area contributed by atoms with Gasteiger partial charge in [0.1, 0.15) is 0 Å². The summed E-state index contributed by atoms with van der Waals surface area (Å²) in [6, 6.07) is 7.71. The Hall–Kier alpha value is -0.380. The van der Waals surface area contributed by atoms with Crippen LogP contribution in [0.25, 0.3) is 11.3 Å². The topological polar surface area (TPSA) is 12.9 Å². The summed E-state index contributed by atoms with van der Waals surface area (Å²) >= 11 is 11.0. The van der Waals surface area contributed by atoms with Crippen LogP contribution >= 0.6 is 38.9 Å². The Bertz CT molecular complexity index is 467. The summed E-state index contributed by atoms with van der Waals surface area (Å²) in [7, 11) is 0. The highest BCUT2D eigenvalue weighted by Crippen LogP contribution is 2.33. The lowest BCUT2D eigenvalue weighted by Crippen LogP contribution is -1.78. The van der Waals surface area contributed by atoms with Gasteiger partial charge in [-0.1, -0.05) is 23.7 Å². The zero-order valence-corrected chi connectivity index (χ0v) is 10.6. The van der Waals surface area contributed by atoms with Crippen molar-refractivity contribution in [2.24, 2.45) is 0 Å². The van der Waals surface area contributed by atoms with Gasteiger partial charge in [0.15, 0.2) is 0 Å². The number of halogens is 2. The number of nitrogens with zero attached hydrogens (tertiary/aromatic N) is 1. The first kappa shape index (κ1) is 10.1. The van der Waals surface area contributed by atoms with Gasteiger partial charge in [-0.05, 0) is 35.0 Å². The first-order valence-corrected chi connectivity index (χ1v) is 6.04. The van der Waals surface area contributed by atoms with Crippen molar-refractivity contribution in [3.8, 4) is 11.3 Å². The van der Waals surface area contributed by atoms with E-state index in [4.69, 9.17) is 11.6 Å². The fraction of sp³-hybridized carbons (Fsp3) is 0.100. The van der Waals surface area contributed by atoms with E-state index < -0.39 is 0 Å². The van der Waals surface area contributed by atoms with Gasteiger partial charge in [0.25, 0.3) is 0 Å². The van der Waals surface area contributed by atoms with E-state index in [1.165, 1.54) is 0 Å². The third-order valence-corrected chi connectivity index (χ3v) is 3.65. The molecule has 0 saturated heterocycles. The van der Waals surface area contributed by atoms with E-state index in [1.807, 2.05) is 31.2 Å². The second kappa shape index (κ2) is 4.01. The van der Waals surface area contributed by atoms with Gasteiger partial charge in [-0.3, -0.25) is 0 Å². The number of rotatable bonds is 1. The number of aromatic nitrogens is 1. The number of thiazole rings is 1. The molecule has 0 atom stereocenters. The molecule has 0 N–H and O–H groups in total. The Morgan fingerprint density at radius 1 is 1.43 bits per heavy atom. The molecule has 0 unspecified atom stereocenters. The molecule has 0 bridgehead atoms. The molecule has 2 rings (SSSR count). The minimum absolute atomic E-state index is 0.736. The van der Waals surface area contributed by atoms with Crippen LogP contribution in [0.5, 0.6) is 0 Å². The average Bonchev–Trinajstić information content (AvgIpc) is 2.45. The number of aryl methyl sites for hydroxylation is 1. The molecule has 0 spiro atoms. The normalized spacial score (nSPS) is 10.5. The molecule has 1 aromatic heterocycles. The molecule has 0 amide bonds. The van der Waals surface area contributed by atoms with Crippen molar-refractivity contribution >= 4 is 38.9 Å². The summed E-state index contributed by atoms with van der Waals surface area (Å²) in [4.78, 5) is 4.43. The highest BCUT2D eigenvalue weighted by Gasteiger charge is 2.08. The molecular weight excluding hydrogens is 282 g/mol. The zero-order valence-electron chi connectivity index (χ0n) is 7.42. The molecule has 0 radical (unpaired) electrons. The molecule has 1 nitrogen and oxygen atoms in total. The minimum atomic E-state index is 0.736. The lowest BCUT2D eigenvalue weighted by Gasteiger charge is -1.97. The first-order chi connectivity index (χ1) is 6.66. The summed E-state index contributed by atoms with van der Waals surface area (Å²) in [5, 5.41) is 1.78. The third-order valence-electron chi connectivity index (χ3n) is 1.79. The van der Waals surface area contributed by atoms with Crippen LogP contribution in [0, 0.1) is 6.92 Å². The Balaban J connectivity index is 2.54. The summed E-state index contributed by atoms with van der Waals surface area (Å²) in [6.07, 6.45) is 0. The van der Waals surface area contributed by atoms with Crippen LogP contribution < -0.4 is 0 Å². The van der Waals surface area contributed by atoms with Crippen LogP contribution in [0.3, 0.4) is 0 Å². The maximum Gasteiger partial charge on any atom is 0.0979 e. The van der Waals surface area contributed by atoms with E-state index in [1.54, 1.807) is 11.3 Å². The first-order valence-electron chi connectivity index (χ1n) is 4.05. The van der Waals surface area contributed by atoms with Crippen LogP contribution in [0.2, 0.25) is 5.02 Å². The van der Waals surface area contributed by atoms with Gasteiger partial charge in [-0.15, -0.1) is 11.3 Å². The fourth-order valence-corrected chi connectivity index (χ4v) is 3.08. The van der Waals surface area contributed by atoms with Gasteiger partial charge in [0, 0.05) is 10.6 Å². The van der Waals surface area contributed by atoms with Gasteiger partial charge in [0.05, 0.1) is 14.5 Å². The van der Waals surface area contributed by atoms with E-state index in [9.17, 15) is 0 Å². The Kier molecular flexibility index (Phi) is 2.91. The minimum Gasteiger partial charge on any atom is -0.240 e. The molecule has 1 aromatic carbocycles. The van der Waals surface area contributed by atoms with Crippen molar-refractivity contribution in [2.45, 2.75) is 6.92 Å². The summed E-state index contributed by atoms with van der Waals surface area (Å²) in [6.45, 7) is 1.99. The quantitative estimate of drug-likeness (QED) is 0.751. The fourth-order valence-electron chi connectivity index (χ4n) is 1.22. The highest BCUT2D eigenvalue weighted by atomic mass is 79.9. The van der Waals surface area contributed by atoms with Crippen molar-refractivity contribution in [1.29, 1.82) is 0 Å². The number of hydrogen-bond acceptors (Lipinski definition) is 2. The predicted octanol–water partition coefficient (Wildman–Crippen LogP) is 4.53. The predicted molar refractivity (Wildman–Crippen MR) is 65.0 cm³/mol. The molecule has 0 aliphatic heterocycles. The van der Waals surface area contributed by atoms with Crippen LogP contribution in [-0.4, -0.2) is 4.98 Å². The molecule has 4 heteroatoms. The van der Waals surface area contributed by atoms with E-state index in [2.05, 4.69) is 20.9 Å². The monoisotopic (exact) mass is 287 g/mol. The van der Waals surface area contributed by atoms with Gasteiger partial charge >= 0.3 is 0 Å². The smallest absolute Gasteiger partial charge is 0.0979 e. The molecule has 72 valence electrons. The number of benzene rings is 1. The van der Waals surface area contributed by atoms with E-state index in [0.717, 1.165) is 25.1 Å². The summed E-state index contributed by atoms with van der Waals surface area (Å²) in [5.41, 5.74) is 2.02.